The van der Waals surface area contributed by atoms with Gasteiger partial charge in [0, 0.05) is 24.4 Å². The van der Waals surface area contributed by atoms with Gasteiger partial charge in [-0.3, -0.25) is 10.1 Å². The molecule has 0 fully saturated rings. The van der Waals surface area contributed by atoms with Crippen LogP contribution in [0, 0.1) is 10.1 Å². The maximum absolute atomic E-state index is 10.7. The molecule has 19 heavy (non-hydrogen) atoms. The third-order valence-corrected chi connectivity index (χ3v) is 2.74. The average Bonchev–Trinajstić information content (AvgIpc) is 2.46. The lowest BCUT2D eigenvalue weighted by Gasteiger charge is -2.13. The number of hydrogen-bond donors (Lipinski definition) is 2. The number of nitrogens with zero attached hydrogens (tertiary/aromatic N) is 1. The van der Waals surface area contributed by atoms with E-state index in [9.17, 15) is 15.2 Å². The summed E-state index contributed by atoms with van der Waals surface area (Å²) in [4.78, 5) is 10.2. The summed E-state index contributed by atoms with van der Waals surface area (Å²) in [6.07, 6.45) is -0.792. The summed E-state index contributed by atoms with van der Waals surface area (Å²) in [6.45, 7) is 0.297. The molecule has 0 heterocycles. The van der Waals surface area contributed by atoms with E-state index in [2.05, 4.69) is 5.32 Å². The Morgan fingerprint density at radius 3 is 2.58 bits per heavy atom. The summed E-state index contributed by atoms with van der Waals surface area (Å²) in [5.41, 5.74) is 1.40. The van der Waals surface area contributed by atoms with Crippen molar-refractivity contribution in [3.05, 3.63) is 70.3 Å². The minimum Gasteiger partial charge on any atom is -0.387 e. The van der Waals surface area contributed by atoms with Crippen LogP contribution in [0.15, 0.2) is 54.6 Å². The summed E-state index contributed by atoms with van der Waals surface area (Å²) in [6, 6.07) is 15.5. The number of benzene rings is 2. The van der Waals surface area contributed by atoms with Gasteiger partial charge in [-0.1, -0.05) is 30.3 Å². The van der Waals surface area contributed by atoms with Gasteiger partial charge >= 0.3 is 0 Å². The number of para-hydroxylation sites is 1. The van der Waals surface area contributed by atoms with Crippen molar-refractivity contribution in [3.63, 3.8) is 0 Å². The quantitative estimate of drug-likeness (QED) is 0.638. The molecule has 0 saturated carbocycles. The molecule has 1 atom stereocenters. The van der Waals surface area contributed by atoms with Crippen molar-refractivity contribution in [3.8, 4) is 0 Å². The fourth-order valence-corrected chi connectivity index (χ4v) is 1.73. The Balaban J connectivity index is 2.02. The molecule has 98 valence electrons. The van der Waals surface area contributed by atoms with E-state index in [1.807, 2.05) is 30.3 Å². The number of nitro benzene ring substituents is 1. The largest absolute Gasteiger partial charge is 0.387 e. The topological polar surface area (TPSA) is 75.4 Å². The van der Waals surface area contributed by atoms with Crippen LogP contribution in [0.25, 0.3) is 0 Å². The molecule has 5 heteroatoms. The Morgan fingerprint density at radius 1 is 1.16 bits per heavy atom. The van der Waals surface area contributed by atoms with Crippen LogP contribution in [0.5, 0.6) is 0 Å². The molecule has 0 amide bonds. The molecular weight excluding hydrogens is 244 g/mol. The normalized spacial score (nSPS) is 11.8. The number of nitrogens with one attached hydrogen (secondary N) is 1. The Morgan fingerprint density at radius 2 is 1.89 bits per heavy atom. The van der Waals surface area contributed by atoms with Crippen LogP contribution in [-0.4, -0.2) is 16.6 Å². The number of aliphatic hydroxyl groups is 1. The van der Waals surface area contributed by atoms with Crippen molar-refractivity contribution in [2.24, 2.45) is 0 Å². The molecule has 0 aliphatic rings. The highest BCUT2D eigenvalue weighted by molar-refractivity contribution is 5.43. The summed E-state index contributed by atoms with van der Waals surface area (Å²) in [5.74, 6) is 0. The number of aliphatic hydroxyl groups excluding tert-OH is 1. The summed E-state index contributed by atoms with van der Waals surface area (Å²) in [5, 5.41) is 23.7. The molecule has 5 nitrogen and oxygen atoms in total. The van der Waals surface area contributed by atoms with E-state index in [-0.39, 0.29) is 5.69 Å². The lowest BCUT2D eigenvalue weighted by molar-refractivity contribution is -0.385. The van der Waals surface area contributed by atoms with Gasteiger partial charge in [0.2, 0.25) is 0 Å². The first-order valence-corrected chi connectivity index (χ1v) is 5.88. The lowest BCUT2D eigenvalue weighted by Crippen LogP contribution is -2.12. The van der Waals surface area contributed by atoms with Crippen molar-refractivity contribution in [2.45, 2.75) is 6.10 Å². The lowest BCUT2D eigenvalue weighted by atomic mass is 10.1. The molecule has 0 saturated heterocycles. The van der Waals surface area contributed by atoms with E-state index in [4.69, 9.17) is 0 Å². The van der Waals surface area contributed by atoms with E-state index < -0.39 is 11.0 Å². The molecule has 2 rings (SSSR count). The number of hydrogen-bond acceptors (Lipinski definition) is 4. The highest BCUT2D eigenvalue weighted by Crippen LogP contribution is 2.19. The molecule has 0 aliphatic heterocycles. The molecule has 0 spiro atoms. The maximum Gasteiger partial charge on any atom is 0.269 e. The number of rotatable bonds is 5. The predicted molar refractivity (Wildman–Crippen MR) is 73.0 cm³/mol. The zero-order valence-corrected chi connectivity index (χ0v) is 10.2. The van der Waals surface area contributed by atoms with E-state index >= 15 is 0 Å². The van der Waals surface area contributed by atoms with Gasteiger partial charge in [0.05, 0.1) is 11.0 Å². The van der Waals surface area contributed by atoms with E-state index in [1.165, 1.54) is 12.1 Å². The fourth-order valence-electron chi connectivity index (χ4n) is 1.73. The second kappa shape index (κ2) is 5.97. The van der Waals surface area contributed by atoms with Gasteiger partial charge in [0.25, 0.3) is 5.69 Å². The van der Waals surface area contributed by atoms with Crippen LogP contribution < -0.4 is 5.32 Å². The first kappa shape index (κ1) is 13.0. The molecule has 0 bridgehead atoms. The third-order valence-electron chi connectivity index (χ3n) is 2.74. The van der Waals surface area contributed by atoms with Gasteiger partial charge in [-0.05, 0) is 17.7 Å². The summed E-state index contributed by atoms with van der Waals surface area (Å²) >= 11 is 0. The zero-order chi connectivity index (χ0) is 13.7. The fraction of sp³-hybridized carbons (Fsp3) is 0.143. The smallest absolute Gasteiger partial charge is 0.269 e. The SMILES string of the molecule is O=[N+]([O-])c1cccc(C(O)CNc2ccccc2)c1. The van der Waals surface area contributed by atoms with Crippen LogP contribution >= 0.6 is 0 Å². The highest BCUT2D eigenvalue weighted by atomic mass is 16.6. The second-order valence-corrected chi connectivity index (χ2v) is 4.11. The van der Waals surface area contributed by atoms with Gasteiger partial charge in [0.15, 0.2) is 0 Å². The average molecular weight is 258 g/mol. The van der Waals surface area contributed by atoms with Gasteiger partial charge in [0.1, 0.15) is 0 Å². The van der Waals surface area contributed by atoms with Crippen molar-refractivity contribution in [1.29, 1.82) is 0 Å². The second-order valence-electron chi connectivity index (χ2n) is 4.11. The first-order valence-electron chi connectivity index (χ1n) is 5.88. The van der Waals surface area contributed by atoms with Crippen molar-refractivity contribution >= 4 is 11.4 Å². The number of anilines is 1. The maximum atomic E-state index is 10.7. The van der Waals surface area contributed by atoms with Crippen LogP contribution in [-0.2, 0) is 0 Å². The molecule has 2 N–H and O–H groups in total. The molecule has 2 aromatic carbocycles. The van der Waals surface area contributed by atoms with Crippen LogP contribution in [0.2, 0.25) is 0 Å². The number of non-ortho nitro benzene ring substituents is 1. The molecular formula is C14H14N2O3. The van der Waals surface area contributed by atoms with Gasteiger partial charge in [-0.15, -0.1) is 0 Å². The van der Waals surface area contributed by atoms with Gasteiger partial charge in [-0.25, -0.2) is 0 Å². The number of nitro groups is 1. The van der Waals surface area contributed by atoms with Crippen molar-refractivity contribution in [1.82, 2.24) is 0 Å². The van der Waals surface area contributed by atoms with Crippen molar-refractivity contribution < 1.29 is 10.0 Å². The molecule has 2 aromatic rings. The molecule has 0 aromatic heterocycles. The van der Waals surface area contributed by atoms with Crippen LogP contribution in [0.3, 0.4) is 0 Å². The Bertz CT molecular complexity index is 558. The Kier molecular flexibility index (Phi) is 4.10. The van der Waals surface area contributed by atoms with Gasteiger partial charge in [-0.2, -0.15) is 0 Å². The third kappa shape index (κ3) is 3.53. The minimum atomic E-state index is -0.792. The van der Waals surface area contributed by atoms with E-state index in [1.54, 1.807) is 12.1 Å². The highest BCUT2D eigenvalue weighted by Gasteiger charge is 2.12. The first-order chi connectivity index (χ1) is 9.16. The standard InChI is InChI=1S/C14H14N2O3/c17-14(10-15-12-6-2-1-3-7-12)11-5-4-8-13(9-11)16(18)19/h1-9,14-15,17H,10H2. The van der Waals surface area contributed by atoms with E-state index in [0.29, 0.717) is 12.1 Å². The van der Waals surface area contributed by atoms with Gasteiger partial charge < -0.3 is 10.4 Å². The molecule has 1 unspecified atom stereocenters. The van der Waals surface area contributed by atoms with Crippen LogP contribution in [0.1, 0.15) is 11.7 Å². The monoisotopic (exact) mass is 258 g/mol. The summed E-state index contributed by atoms with van der Waals surface area (Å²) in [7, 11) is 0. The Hall–Kier alpha value is -2.40. The van der Waals surface area contributed by atoms with Crippen molar-refractivity contribution in [2.75, 3.05) is 11.9 Å². The van der Waals surface area contributed by atoms with E-state index in [0.717, 1.165) is 5.69 Å². The molecule has 0 radical (unpaired) electrons. The zero-order valence-electron chi connectivity index (χ0n) is 10.2. The Labute approximate surface area is 110 Å². The summed E-state index contributed by atoms with van der Waals surface area (Å²) < 4.78 is 0. The minimum absolute atomic E-state index is 0.0174. The van der Waals surface area contributed by atoms with Crippen LogP contribution in [0.4, 0.5) is 11.4 Å². The predicted octanol–water partition coefficient (Wildman–Crippen LogP) is 2.74. The molecule has 0 aliphatic carbocycles.